The van der Waals surface area contributed by atoms with Crippen LogP contribution in [0.15, 0.2) is 30.3 Å². The average molecular weight is 230 g/mol. The van der Waals surface area contributed by atoms with Crippen LogP contribution < -0.4 is 0 Å². The molecule has 0 aliphatic heterocycles. The SMILES string of the molecule is O=CC[C@H](C(=O)c1ccccc1)C(F)(F)F. The molecule has 5 heteroatoms. The number of benzene rings is 1. The number of alkyl halides is 3. The van der Waals surface area contributed by atoms with E-state index < -0.39 is 24.3 Å². The van der Waals surface area contributed by atoms with Gasteiger partial charge >= 0.3 is 6.18 Å². The third-order valence-electron chi connectivity index (χ3n) is 2.10. The van der Waals surface area contributed by atoms with Gasteiger partial charge in [0.1, 0.15) is 12.2 Å². The molecular weight excluding hydrogens is 221 g/mol. The van der Waals surface area contributed by atoms with Crippen LogP contribution >= 0.6 is 0 Å². The molecule has 0 aliphatic carbocycles. The summed E-state index contributed by atoms with van der Waals surface area (Å²) in [6, 6.07) is 7.14. The summed E-state index contributed by atoms with van der Waals surface area (Å²) in [5.74, 6) is -3.31. The van der Waals surface area contributed by atoms with Gasteiger partial charge in [-0.1, -0.05) is 30.3 Å². The fraction of sp³-hybridized carbons (Fsp3) is 0.273. The maximum absolute atomic E-state index is 12.5. The van der Waals surface area contributed by atoms with Crippen LogP contribution in [0.2, 0.25) is 0 Å². The highest BCUT2D eigenvalue weighted by Crippen LogP contribution is 2.31. The van der Waals surface area contributed by atoms with Gasteiger partial charge in [-0.3, -0.25) is 4.79 Å². The van der Waals surface area contributed by atoms with Gasteiger partial charge in [0.15, 0.2) is 5.78 Å². The summed E-state index contributed by atoms with van der Waals surface area (Å²) in [6.07, 6.45) is -5.41. The summed E-state index contributed by atoms with van der Waals surface area (Å²) in [6.45, 7) is 0. The molecule has 1 rings (SSSR count). The number of ketones is 1. The number of halogens is 3. The van der Waals surface area contributed by atoms with Crippen LogP contribution in [0.1, 0.15) is 16.8 Å². The first-order valence-corrected chi connectivity index (χ1v) is 4.56. The van der Waals surface area contributed by atoms with Crippen LogP contribution in [0, 0.1) is 5.92 Å². The number of hydrogen-bond donors (Lipinski definition) is 0. The fourth-order valence-electron chi connectivity index (χ4n) is 1.29. The minimum Gasteiger partial charge on any atom is -0.303 e. The zero-order chi connectivity index (χ0) is 12.2. The van der Waals surface area contributed by atoms with Gasteiger partial charge in [-0.2, -0.15) is 13.2 Å². The zero-order valence-electron chi connectivity index (χ0n) is 8.20. The van der Waals surface area contributed by atoms with E-state index in [2.05, 4.69) is 0 Å². The normalized spacial score (nSPS) is 13.2. The molecule has 0 aliphatic rings. The Morgan fingerprint density at radius 3 is 2.25 bits per heavy atom. The van der Waals surface area contributed by atoms with Crippen LogP contribution in [0.4, 0.5) is 13.2 Å². The van der Waals surface area contributed by atoms with Gasteiger partial charge in [0, 0.05) is 12.0 Å². The fourth-order valence-corrected chi connectivity index (χ4v) is 1.29. The Bertz CT molecular complexity index is 371. The highest BCUT2D eigenvalue weighted by Gasteiger charge is 2.44. The molecule has 0 fully saturated rings. The van der Waals surface area contributed by atoms with Gasteiger partial charge in [0.05, 0.1) is 0 Å². The first-order valence-electron chi connectivity index (χ1n) is 4.56. The van der Waals surface area contributed by atoms with E-state index in [1.807, 2.05) is 0 Å². The minimum absolute atomic E-state index is 0.0355. The molecule has 0 bridgehead atoms. The smallest absolute Gasteiger partial charge is 0.303 e. The topological polar surface area (TPSA) is 34.1 Å². The lowest BCUT2D eigenvalue weighted by atomic mass is 9.94. The third-order valence-corrected chi connectivity index (χ3v) is 2.10. The van der Waals surface area contributed by atoms with Gasteiger partial charge in [0.2, 0.25) is 0 Å². The van der Waals surface area contributed by atoms with Gasteiger partial charge < -0.3 is 4.79 Å². The largest absolute Gasteiger partial charge is 0.399 e. The van der Waals surface area contributed by atoms with Crippen molar-refractivity contribution in [3.63, 3.8) is 0 Å². The van der Waals surface area contributed by atoms with Crippen LogP contribution in [-0.2, 0) is 4.79 Å². The maximum atomic E-state index is 12.5. The van der Waals surface area contributed by atoms with E-state index in [1.165, 1.54) is 24.3 Å². The predicted octanol–water partition coefficient (Wildman–Crippen LogP) is 2.64. The van der Waals surface area contributed by atoms with Crippen LogP contribution in [0.25, 0.3) is 0 Å². The van der Waals surface area contributed by atoms with E-state index in [1.54, 1.807) is 6.07 Å². The van der Waals surface area contributed by atoms with Crippen molar-refractivity contribution in [2.45, 2.75) is 12.6 Å². The molecule has 16 heavy (non-hydrogen) atoms. The standard InChI is InChI=1S/C11H9F3O2/c12-11(13,14)9(6-7-15)10(16)8-4-2-1-3-5-8/h1-5,7,9H,6H2/t9-/m1/s1. The Balaban J connectivity index is 2.97. The van der Waals surface area contributed by atoms with Crippen molar-refractivity contribution in [1.82, 2.24) is 0 Å². The molecule has 0 spiro atoms. The molecule has 1 atom stereocenters. The summed E-state index contributed by atoms with van der Waals surface area (Å²) in [7, 11) is 0. The Morgan fingerprint density at radius 1 is 1.25 bits per heavy atom. The van der Waals surface area contributed by atoms with E-state index in [-0.39, 0.29) is 11.8 Å². The Labute approximate surface area is 90.1 Å². The van der Waals surface area contributed by atoms with Crippen LogP contribution in [-0.4, -0.2) is 18.2 Å². The highest BCUT2D eigenvalue weighted by atomic mass is 19.4. The lowest BCUT2D eigenvalue weighted by Gasteiger charge is -2.16. The number of rotatable bonds is 4. The molecule has 86 valence electrons. The second kappa shape index (κ2) is 4.92. The molecule has 0 unspecified atom stereocenters. The third kappa shape index (κ3) is 2.92. The van der Waals surface area contributed by atoms with Crippen molar-refractivity contribution in [2.75, 3.05) is 0 Å². The molecule has 0 radical (unpaired) electrons. The summed E-state index contributed by atoms with van der Waals surface area (Å²) >= 11 is 0. The molecule has 0 N–H and O–H groups in total. The molecule has 0 aromatic heterocycles. The summed E-state index contributed by atoms with van der Waals surface area (Å²) < 4.78 is 37.4. The average Bonchev–Trinajstić information content (AvgIpc) is 2.25. The van der Waals surface area contributed by atoms with Crippen molar-refractivity contribution in [3.05, 3.63) is 35.9 Å². The van der Waals surface area contributed by atoms with E-state index in [4.69, 9.17) is 0 Å². The number of carbonyl (C=O) groups is 2. The van der Waals surface area contributed by atoms with Crippen molar-refractivity contribution < 1.29 is 22.8 Å². The quantitative estimate of drug-likeness (QED) is 0.588. The molecular formula is C11H9F3O2. The molecule has 0 amide bonds. The van der Waals surface area contributed by atoms with E-state index in [9.17, 15) is 22.8 Å². The number of carbonyl (C=O) groups excluding carboxylic acids is 2. The van der Waals surface area contributed by atoms with Crippen LogP contribution in [0.5, 0.6) is 0 Å². The molecule has 1 aromatic carbocycles. The van der Waals surface area contributed by atoms with Crippen molar-refractivity contribution in [2.24, 2.45) is 5.92 Å². The number of hydrogen-bond acceptors (Lipinski definition) is 2. The van der Waals surface area contributed by atoms with Gasteiger partial charge in [-0.25, -0.2) is 0 Å². The van der Waals surface area contributed by atoms with E-state index >= 15 is 0 Å². The second-order valence-corrected chi connectivity index (χ2v) is 3.23. The maximum Gasteiger partial charge on any atom is 0.399 e. The van der Waals surface area contributed by atoms with Gasteiger partial charge in [-0.05, 0) is 0 Å². The summed E-state index contributed by atoms with van der Waals surface area (Å²) in [5, 5.41) is 0. The Hall–Kier alpha value is -1.65. The Kier molecular flexibility index (Phi) is 3.82. The van der Waals surface area contributed by atoms with Crippen molar-refractivity contribution in [3.8, 4) is 0 Å². The lowest BCUT2D eigenvalue weighted by Crippen LogP contribution is -2.31. The number of aldehydes is 1. The monoisotopic (exact) mass is 230 g/mol. The minimum atomic E-state index is -4.69. The molecule has 1 aromatic rings. The van der Waals surface area contributed by atoms with Crippen molar-refractivity contribution >= 4 is 12.1 Å². The first kappa shape index (κ1) is 12.4. The Morgan fingerprint density at radius 2 is 1.81 bits per heavy atom. The van der Waals surface area contributed by atoms with Crippen LogP contribution in [0.3, 0.4) is 0 Å². The van der Waals surface area contributed by atoms with Gasteiger partial charge in [0.25, 0.3) is 0 Å². The van der Waals surface area contributed by atoms with Crippen molar-refractivity contribution in [1.29, 1.82) is 0 Å². The molecule has 0 saturated carbocycles. The molecule has 2 nitrogen and oxygen atoms in total. The molecule has 0 saturated heterocycles. The zero-order valence-corrected chi connectivity index (χ0v) is 8.20. The molecule has 0 heterocycles. The summed E-state index contributed by atoms with van der Waals surface area (Å²) in [5.41, 5.74) is -0.0355. The highest BCUT2D eigenvalue weighted by molar-refractivity contribution is 5.99. The van der Waals surface area contributed by atoms with E-state index in [0.29, 0.717) is 0 Å². The number of Topliss-reactive ketones (excluding diaryl/α,β-unsaturated/α-hetero) is 1. The lowest BCUT2D eigenvalue weighted by molar-refractivity contribution is -0.163. The predicted molar refractivity (Wildman–Crippen MR) is 51.0 cm³/mol. The van der Waals surface area contributed by atoms with Gasteiger partial charge in [-0.15, -0.1) is 0 Å². The summed E-state index contributed by atoms with van der Waals surface area (Å²) in [4.78, 5) is 21.6. The van der Waals surface area contributed by atoms with E-state index in [0.717, 1.165) is 0 Å². The second-order valence-electron chi connectivity index (χ2n) is 3.23. The first-order chi connectivity index (χ1) is 7.46.